The molecule has 0 aromatic rings. The molecule has 79 heavy (non-hydrogen) atoms. The summed E-state index contributed by atoms with van der Waals surface area (Å²) in [6.45, 7) is 4.46. The molecule has 446 valence electrons. The van der Waals surface area contributed by atoms with E-state index in [0.717, 1.165) is 109 Å². The lowest BCUT2D eigenvalue weighted by Gasteiger charge is -2.29. The van der Waals surface area contributed by atoms with Crippen LogP contribution in [-0.4, -0.2) is 68.5 Å². The fourth-order valence-corrected chi connectivity index (χ4v) is 8.56. The first-order valence-electron chi connectivity index (χ1n) is 31.0. The maximum Gasteiger partial charge on any atom is 0.268 e. The lowest BCUT2D eigenvalue weighted by Crippen LogP contribution is -2.45. The Morgan fingerprint density at radius 3 is 1.18 bits per heavy atom. The number of hydrogen-bond acceptors (Lipinski definition) is 6. The first-order valence-corrected chi connectivity index (χ1v) is 32.5. The Labute approximate surface area is 485 Å². The summed E-state index contributed by atoms with van der Waals surface area (Å²) < 4.78 is 23.3. The number of rotatable bonds is 54. The summed E-state index contributed by atoms with van der Waals surface area (Å²) in [6.07, 6.45) is 93.0. The third-order valence-corrected chi connectivity index (χ3v) is 13.6. The maximum atomic E-state index is 13.0. The number of nitrogens with zero attached hydrogens (tertiary/aromatic N) is 1. The van der Waals surface area contributed by atoms with Crippen LogP contribution >= 0.6 is 7.82 Å². The third-order valence-electron chi connectivity index (χ3n) is 12.6. The molecular weight excluding hydrogens is 996 g/mol. The molecule has 2 N–H and O–H groups in total. The van der Waals surface area contributed by atoms with E-state index >= 15 is 0 Å². The van der Waals surface area contributed by atoms with Gasteiger partial charge >= 0.3 is 0 Å². The van der Waals surface area contributed by atoms with Gasteiger partial charge in [0.1, 0.15) is 13.2 Å². The van der Waals surface area contributed by atoms with Crippen LogP contribution in [0.2, 0.25) is 0 Å². The van der Waals surface area contributed by atoms with Crippen molar-refractivity contribution in [2.75, 3.05) is 40.9 Å². The normalized spacial score (nSPS) is 15.0. The van der Waals surface area contributed by atoms with Crippen LogP contribution in [0.1, 0.15) is 213 Å². The largest absolute Gasteiger partial charge is 0.756 e. The van der Waals surface area contributed by atoms with Crippen molar-refractivity contribution >= 4 is 13.7 Å². The fourth-order valence-electron chi connectivity index (χ4n) is 7.83. The number of phosphoric acid groups is 1. The van der Waals surface area contributed by atoms with Crippen molar-refractivity contribution in [2.24, 2.45) is 0 Å². The van der Waals surface area contributed by atoms with Gasteiger partial charge in [-0.1, -0.05) is 248 Å². The Morgan fingerprint density at radius 2 is 0.785 bits per heavy atom. The lowest BCUT2D eigenvalue weighted by atomic mass is 10.1. The molecule has 1 amide bonds. The van der Waals surface area contributed by atoms with Crippen LogP contribution in [0.5, 0.6) is 0 Å². The number of nitrogens with one attached hydrogen (secondary N) is 1. The lowest BCUT2D eigenvalue weighted by molar-refractivity contribution is -0.870. The van der Waals surface area contributed by atoms with Crippen molar-refractivity contribution in [3.8, 4) is 0 Å². The first-order chi connectivity index (χ1) is 38.5. The van der Waals surface area contributed by atoms with E-state index in [4.69, 9.17) is 9.05 Å². The molecular formula is C70H115N2O6P. The van der Waals surface area contributed by atoms with Gasteiger partial charge in [0.25, 0.3) is 7.82 Å². The molecule has 0 saturated carbocycles. The highest BCUT2D eigenvalue weighted by atomic mass is 31.2. The maximum absolute atomic E-state index is 13.0. The number of amides is 1. The van der Waals surface area contributed by atoms with E-state index in [1.165, 1.54) is 70.6 Å². The van der Waals surface area contributed by atoms with E-state index in [-0.39, 0.29) is 18.9 Å². The molecule has 0 bridgehead atoms. The van der Waals surface area contributed by atoms with Crippen molar-refractivity contribution in [1.82, 2.24) is 5.32 Å². The zero-order chi connectivity index (χ0) is 57.7. The fraction of sp³-hybridized carbons (Fsp3) is 0.586. The van der Waals surface area contributed by atoms with E-state index in [1.807, 2.05) is 27.2 Å². The summed E-state index contributed by atoms with van der Waals surface area (Å²) in [5.41, 5.74) is 0. The molecule has 0 aliphatic carbocycles. The zero-order valence-electron chi connectivity index (χ0n) is 50.7. The number of unbranched alkanes of at least 4 members (excludes halogenated alkanes) is 15. The molecule has 0 saturated heterocycles. The van der Waals surface area contributed by atoms with Crippen molar-refractivity contribution < 1.29 is 32.9 Å². The number of aliphatic hydroxyl groups is 1. The van der Waals surface area contributed by atoms with Crippen molar-refractivity contribution in [3.63, 3.8) is 0 Å². The number of likely N-dealkylation sites (N-methyl/N-ethyl adjacent to an activating group) is 1. The first kappa shape index (κ1) is 74.9. The molecule has 0 spiro atoms. The number of hydrogen-bond donors (Lipinski definition) is 2. The number of phosphoric ester groups is 1. The van der Waals surface area contributed by atoms with Crippen LogP contribution in [0.15, 0.2) is 170 Å². The monoisotopic (exact) mass is 1110 g/mol. The molecule has 0 aromatic heterocycles. The Morgan fingerprint density at radius 1 is 0.456 bits per heavy atom. The van der Waals surface area contributed by atoms with Crippen LogP contribution in [0, 0.1) is 0 Å². The molecule has 0 aliphatic heterocycles. The van der Waals surface area contributed by atoms with Gasteiger partial charge in [0.2, 0.25) is 5.91 Å². The molecule has 0 fully saturated rings. The van der Waals surface area contributed by atoms with E-state index in [9.17, 15) is 19.4 Å². The Bertz CT molecular complexity index is 1890. The molecule has 0 aliphatic rings. The second-order valence-electron chi connectivity index (χ2n) is 21.3. The quantitative estimate of drug-likeness (QED) is 0.0272. The molecule has 0 rings (SSSR count). The van der Waals surface area contributed by atoms with Gasteiger partial charge in [-0.3, -0.25) is 9.36 Å². The average Bonchev–Trinajstić information content (AvgIpc) is 3.42. The topological polar surface area (TPSA) is 108 Å². The van der Waals surface area contributed by atoms with Gasteiger partial charge in [-0.15, -0.1) is 0 Å². The molecule has 0 heterocycles. The van der Waals surface area contributed by atoms with Crippen LogP contribution in [-0.2, 0) is 18.4 Å². The van der Waals surface area contributed by atoms with E-state index < -0.39 is 26.6 Å². The highest BCUT2D eigenvalue weighted by Crippen LogP contribution is 2.38. The van der Waals surface area contributed by atoms with Crippen LogP contribution in [0.3, 0.4) is 0 Å². The van der Waals surface area contributed by atoms with E-state index in [1.54, 1.807) is 6.08 Å². The molecule has 0 radical (unpaired) electrons. The van der Waals surface area contributed by atoms with Crippen molar-refractivity contribution in [2.45, 2.75) is 225 Å². The van der Waals surface area contributed by atoms with Gasteiger partial charge in [-0.05, 0) is 128 Å². The van der Waals surface area contributed by atoms with E-state index in [2.05, 4.69) is 177 Å². The number of quaternary nitrogens is 1. The molecule has 3 atom stereocenters. The smallest absolute Gasteiger partial charge is 0.268 e. The van der Waals surface area contributed by atoms with Crippen molar-refractivity contribution in [1.29, 1.82) is 0 Å². The van der Waals surface area contributed by atoms with Gasteiger partial charge < -0.3 is 28.8 Å². The number of allylic oxidation sites excluding steroid dienone is 27. The summed E-state index contributed by atoms with van der Waals surface area (Å²) in [7, 11) is 1.18. The minimum Gasteiger partial charge on any atom is -0.756 e. The second-order valence-corrected chi connectivity index (χ2v) is 22.7. The summed E-state index contributed by atoms with van der Waals surface area (Å²) in [4.78, 5) is 25.5. The van der Waals surface area contributed by atoms with Gasteiger partial charge in [0.05, 0.1) is 39.9 Å². The average molecular weight is 1110 g/mol. The number of aliphatic hydroxyl groups excluding tert-OH is 1. The van der Waals surface area contributed by atoms with Crippen LogP contribution in [0.4, 0.5) is 0 Å². The summed E-state index contributed by atoms with van der Waals surface area (Å²) in [6, 6.07) is -0.942. The van der Waals surface area contributed by atoms with Gasteiger partial charge in [0, 0.05) is 6.42 Å². The molecule has 0 aromatic carbocycles. The Balaban J connectivity index is 4.34. The van der Waals surface area contributed by atoms with Gasteiger partial charge in [0.15, 0.2) is 0 Å². The minimum atomic E-state index is -4.63. The SMILES string of the molecule is CC/C=C\C/C=C\C/C=C\C/C=C\C/C=C\C/C=C\C/C=C\C/C=C\C/C=C\C/C=C\C/C=C\CCCCCC(=O)NC(COP(=O)([O-])OCC[N+](C)(C)C)C(O)/C=C/CC/C=C/CC/C=C/CCCCCCCCCCCC. The summed E-state index contributed by atoms with van der Waals surface area (Å²) >= 11 is 0. The number of carbonyl (C=O) groups excluding carboxylic acids is 1. The van der Waals surface area contributed by atoms with Crippen LogP contribution < -0.4 is 10.2 Å². The Hall–Kier alpha value is -4.14. The highest BCUT2D eigenvalue weighted by molar-refractivity contribution is 7.45. The summed E-state index contributed by atoms with van der Waals surface area (Å²) in [5, 5.41) is 13.8. The number of carbonyl (C=O) groups is 1. The molecule has 8 nitrogen and oxygen atoms in total. The molecule has 9 heteroatoms. The Kier molecular flexibility index (Phi) is 55.4. The predicted molar refractivity (Wildman–Crippen MR) is 343 cm³/mol. The minimum absolute atomic E-state index is 0.0255. The standard InChI is InChI=1S/C70H115N2O6P/c1-6-8-10-12-14-16-18-20-22-24-26-28-29-30-31-32-33-34-35-36-37-38-39-40-41-42-43-44-46-48-50-52-54-56-58-60-62-64-70(74)71-68(67-78-79(75,76)77-66-65-72(3,4)5)69(73)63-61-59-57-55-53-51-49-47-45-27-25-23-21-19-17-15-13-11-9-7-2/h8,10,14,16,20,22,26,28,30-31,33-34,36-37,39-40,42-43,45-48,52-55,61,63,68-69,73H,6-7,9,11-13,15,17-19,21,23-25,27,29,32,35,38,41,44,49-51,56-60,62,64-67H2,1-5H3,(H-,71,74,75,76)/b10-8-,16-14-,22-20-,28-26-,31-30-,34-33-,37-36-,40-39-,43-42-,47-45+,48-46-,54-52-,55-53+,63-61+. The predicted octanol–water partition coefficient (Wildman–Crippen LogP) is 19.0. The summed E-state index contributed by atoms with van der Waals surface area (Å²) in [5.74, 6) is -0.250. The van der Waals surface area contributed by atoms with Crippen molar-refractivity contribution in [3.05, 3.63) is 170 Å². The molecule has 3 unspecified atom stereocenters. The third kappa shape index (κ3) is 61.3. The van der Waals surface area contributed by atoms with Crippen LogP contribution in [0.25, 0.3) is 0 Å². The second kappa shape index (κ2) is 58.5. The highest BCUT2D eigenvalue weighted by Gasteiger charge is 2.23. The van der Waals surface area contributed by atoms with Gasteiger partial charge in [-0.25, -0.2) is 0 Å². The van der Waals surface area contributed by atoms with Gasteiger partial charge in [-0.2, -0.15) is 0 Å². The van der Waals surface area contributed by atoms with E-state index in [0.29, 0.717) is 23.9 Å². The zero-order valence-corrected chi connectivity index (χ0v) is 51.6.